The molecule has 4 rings (SSSR count). The minimum absolute atomic E-state index is 0.0125. The van der Waals surface area contributed by atoms with Crippen LogP contribution in [0.4, 0.5) is 14.5 Å². The highest BCUT2D eigenvalue weighted by Gasteiger charge is 2.32. The number of aryl methyl sites for hydroxylation is 1. The van der Waals surface area contributed by atoms with Crippen molar-refractivity contribution in [2.75, 3.05) is 18.4 Å². The monoisotopic (exact) mass is 462 g/mol. The Bertz CT molecular complexity index is 1240. The van der Waals surface area contributed by atoms with E-state index in [4.69, 9.17) is 0 Å². The van der Waals surface area contributed by atoms with Gasteiger partial charge in [-0.25, -0.2) is 17.2 Å². The Balaban J connectivity index is 1.41. The predicted molar refractivity (Wildman–Crippen MR) is 110 cm³/mol. The molecule has 168 valence electrons. The van der Waals surface area contributed by atoms with Crippen LogP contribution >= 0.6 is 0 Å². The van der Waals surface area contributed by atoms with E-state index in [1.165, 1.54) is 39.3 Å². The van der Waals surface area contributed by atoms with Crippen molar-refractivity contribution in [2.24, 2.45) is 5.92 Å². The first kappa shape index (κ1) is 22.0. The number of nitrogens with zero attached hydrogens (tertiary/aromatic N) is 5. The van der Waals surface area contributed by atoms with Gasteiger partial charge in [-0.1, -0.05) is 0 Å². The van der Waals surface area contributed by atoms with Crippen LogP contribution in [0.3, 0.4) is 0 Å². The van der Waals surface area contributed by atoms with E-state index in [1.54, 1.807) is 6.92 Å². The Morgan fingerprint density at radius 2 is 1.78 bits per heavy atom. The van der Waals surface area contributed by atoms with Gasteiger partial charge < -0.3 is 5.32 Å². The molecule has 32 heavy (non-hydrogen) atoms. The van der Waals surface area contributed by atoms with Crippen LogP contribution in [0.5, 0.6) is 0 Å². The lowest BCUT2D eigenvalue weighted by atomic mass is 9.97. The number of carbonyl (C=O) groups is 1. The number of carbonyl (C=O) groups excluding carboxylic acids is 1. The Hall–Kier alpha value is -3.25. The Morgan fingerprint density at radius 3 is 2.41 bits per heavy atom. The summed E-state index contributed by atoms with van der Waals surface area (Å²) in [5.74, 6) is -1.36. The smallest absolute Gasteiger partial charge is 0.243 e. The maximum absolute atomic E-state index is 14.2. The normalized spacial score (nSPS) is 15.6. The molecular formula is C20H20F2N6O3S. The highest BCUT2D eigenvalue weighted by atomic mass is 32.2. The molecule has 2 aromatic carbocycles. The molecule has 1 N–H and O–H groups in total. The lowest BCUT2D eigenvalue weighted by Gasteiger charge is -2.30. The maximum Gasteiger partial charge on any atom is 0.243 e. The molecule has 3 aromatic rings. The summed E-state index contributed by atoms with van der Waals surface area (Å²) < 4.78 is 55.3. The second kappa shape index (κ2) is 8.71. The topological polar surface area (TPSA) is 110 Å². The highest BCUT2D eigenvalue weighted by Crippen LogP contribution is 2.26. The predicted octanol–water partition coefficient (Wildman–Crippen LogP) is 2.29. The molecule has 0 bridgehead atoms. The largest absolute Gasteiger partial charge is 0.326 e. The van der Waals surface area contributed by atoms with Crippen molar-refractivity contribution in [2.45, 2.75) is 24.7 Å². The third-order valence-corrected chi connectivity index (χ3v) is 7.26. The molecule has 1 aliphatic rings. The highest BCUT2D eigenvalue weighted by molar-refractivity contribution is 7.89. The van der Waals surface area contributed by atoms with Gasteiger partial charge in [-0.05, 0) is 72.7 Å². The summed E-state index contributed by atoms with van der Waals surface area (Å²) >= 11 is 0. The Labute approximate surface area is 183 Å². The number of amides is 1. The van der Waals surface area contributed by atoms with E-state index in [9.17, 15) is 22.0 Å². The fraction of sp³-hybridized carbons (Fsp3) is 0.300. The van der Waals surface area contributed by atoms with Crippen LogP contribution < -0.4 is 5.32 Å². The molecule has 0 aliphatic carbocycles. The molecule has 0 atom stereocenters. The lowest BCUT2D eigenvalue weighted by Crippen LogP contribution is -2.41. The van der Waals surface area contributed by atoms with E-state index < -0.39 is 27.6 Å². The average molecular weight is 462 g/mol. The van der Waals surface area contributed by atoms with Crippen molar-refractivity contribution in [3.8, 4) is 5.69 Å². The van der Waals surface area contributed by atoms with Crippen molar-refractivity contribution in [3.05, 3.63) is 59.9 Å². The van der Waals surface area contributed by atoms with Gasteiger partial charge in [-0.2, -0.15) is 8.99 Å². The number of hydrogen-bond acceptors (Lipinski definition) is 6. The SMILES string of the molecule is Cc1nnnn1-c1cc(NC(=O)C2CCN(S(=O)(=O)c3ccc(F)cc3)CC2)ccc1F. The summed E-state index contributed by atoms with van der Waals surface area (Å²) in [6.07, 6.45) is 0.652. The number of benzene rings is 2. The first-order valence-corrected chi connectivity index (χ1v) is 11.3. The molecule has 1 fully saturated rings. The van der Waals surface area contributed by atoms with Gasteiger partial charge in [0, 0.05) is 24.7 Å². The van der Waals surface area contributed by atoms with E-state index in [0.29, 0.717) is 24.4 Å². The molecule has 0 unspecified atom stereocenters. The Kier molecular flexibility index (Phi) is 5.98. The zero-order valence-electron chi connectivity index (χ0n) is 17.1. The molecular weight excluding hydrogens is 442 g/mol. The third-order valence-electron chi connectivity index (χ3n) is 5.34. The van der Waals surface area contributed by atoms with Gasteiger partial charge in [0.15, 0.2) is 5.82 Å². The first-order valence-electron chi connectivity index (χ1n) is 9.87. The fourth-order valence-corrected chi connectivity index (χ4v) is 5.04. The molecule has 12 heteroatoms. The van der Waals surface area contributed by atoms with Gasteiger partial charge in [-0.3, -0.25) is 4.79 Å². The van der Waals surface area contributed by atoms with Gasteiger partial charge in [0.1, 0.15) is 17.3 Å². The van der Waals surface area contributed by atoms with E-state index in [1.807, 2.05) is 0 Å². The molecule has 0 radical (unpaired) electrons. The van der Waals surface area contributed by atoms with Crippen LogP contribution in [-0.2, 0) is 14.8 Å². The van der Waals surface area contributed by atoms with Crippen LogP contribution in [0, 0.1) is 24.5 Å². The second-order valence-electron chi connectivity index (χ2n) is 7.43. The van der Waals surface area contributed by atoms with Crippen LogP contribution in [0.2, 0.25) is 0 Å². The van der Waals surface area contributed by atoms with Crippen molar-refractivity contribution in [1.29, 1.82) is 0 Å². The van der Waals surface area contributed by atoms with Crippen molar-refractivity contribution >= 4 is 21.6 Å². The molecule has 1 aliphatic heterocycles. The zero-order chi connectivity index (χ0) is 22.9. The number of halogens is 2. The summed E-state index contributed by atoms with van der Waals surface area (Å²) in [5, 5.41) is 13.7. The number of piperidine rings is 1. The van der Waals surface area contributed by atoms with Crippen LogP contribution in [0.15, 0.2) is 47.4 Å². The number of aromatic nitrogens is 4. The van der Waals surface area contributed by atoms with Crippen LogP contribution in [0.25, 0.3) is 5.69 Å². The first-order chi connectivity index (χ1) is 15.3. The number of rotatable bonds is 5. The summed E-state index contributed by atoms with van der Waals surface area (Å²) in [6.45, 7) is 1.95. The maximum atomic E-state index is 14.2. The summed E-state index contributed by atoms with van der Waals surface area (Å²) in [5.41, 5.74) is 0.480. The van der Waals surface area contributed by atoms with E-state index >= 15 is 0 Å². The number of nitrogens with one attached hydrogen (secondary N) is 1. The molecule has 2 heterocycles. The van der Waals surface area contributed by atoms with E-state index in [2.05, 4.69) is 20.8 Å². The number of tetrazole rings is 1. The molecule has 0 saturated carbocycles. The second-order valence-corrected chi connectivity index (χ2v) is 9.36. The standard InChI is InChI=1S/C20H20F2N6O3S/c1-13-24-25-26-28(13)19-12-16(4-7-18(19)22)23-20(29)14-8-10-27(11-9-14)32(30,31)17-5-2-15(21)3-6-17/h2-7,12,14H,8-11H2,1H3,(H,23,29). The van der Waals surface area contributed by atoms with Crippen LogP contribution in [-0.4, -0.2) is 51.9 Å². The molecule has 1 amide bonds. The molecule has 1 saturated heterocycles. The third kappa shape index (κ3) is 4.36. The van der Waals surface area contributed by atoms with E-state index in [-0.39, 0.29) is 29.6 Å². The van der Waals surface area contributed by atoms with E-state index in [0.717, 1.165) is 12.1 Å². The summed E-state index contributed by atoms with van der Waals surface area (Å²) in [7, 11) is -3.75. The number of anilines is 1. The summed E-state index contributed by atoms with van der Waals surface area (Å²) in [6, 6.07) is 8.73. The molecule has 9 nitrogen and oxygen atoms in total. The summed E-state index contributed by atoms with van der Waals surface area (Å²) in [4.78, 5) is 12.7. The number of sulfonamides is 1. The van der Waals surface area contributed by atoms with Gasteiger partial charge in [-0.15, -0.1) is 5.10 Å². The fourth-order valence-electron chi connectivity index (χ4n) is 3.57. The van der Waals surface area contributed by atoms with Gasteiger partial charge >= 0.3 is 0 Å². The average Bonchev–Trinajstić information content (AvgIpc) is 3.21. The minimum atomic E-state index is -3.75. The van der Waals surface area contributed by atoms with Gasteiger partial charge in [0.25, 0.3) is 0 Å². The molecule has 0 spiro atoms. The lowest BCUT2D eigenvalue weighted by molar-refractivity contribution is -0.120. The van der Waals surface area contributed by atoms with Crippen molar-refractivity contribution < 1.29 is 22.0 Å². The van der Waals surface area contributed by atoms with Gasteiger partial charge in [0.05, 0.1) is 4.90 Å². The molecule has 1 aromatic heterocycles. The zero-order valence-corrected chi connectivity index (χ0v) is 17.9. The van der Waals surface area contributed by atoms with Crippen molar-refractivity contribution in [1.82, 2.24) is 24.5 Å². The van der Waals surface area contributed by atoms with Crippen molar-refractivity contribution in [3.63, 3.8) is 0 Å². The Morgan fingerprint density at radius 1 is 1.09 bits per heavy atom. The minimum Gasteiger partial charge on any atom is -0.326 e. The number of hydrogen-bond donors (Lipinski definition) is 1. The van der Waals surface area contributed by atoms with Gasteiger partial charge in [0.2, 0.25) is 15.9 Å². The quantitative estimate of drug-likeness (QED) is 0.623. The van der Waals surface area contributed by atoms with Crippen LogP contribution in [0.1, 0.15) is 18.7 Å².